The van der Waals surface area contributed by atoms with Crippen molar-refractivity contribution in [1.82, 2.24) is 10.2 Å². The molecule has 1 aliphatic carbocycles. The van der Waals surface area contributed by atoms with E-state index in [0.717, 1.165) is 59.7 Å². The van der Waals surface area contributed by atoms with Crippen LogP contribution in [0.3, 0.4) is 0 Å². The Labute approximate surface area is 259 Å². The summed E-state index contributed by atoms with van der Waals surface area (Å²) in [6.45, 7) is 3.03. The first kappa shape index (κ1) is 32.8. The highest BCUT2D eigenvalue weighted by molar-refractivity contribution is 7.92. The first-order valence-electron chi connectivity index (χ1n) is 14.7. The number of hydrogen-bond acceptors (Lipinski definition) is 6. The van der Waals surface area contributed by atoms with Gasteiger partial charge in [-0.3, -0.25) is 13.9 Å². The Bertz CT molecular complexity index is 1560. The van der Waals surface area contributed by atoms with Crippen molar-refractivity contribution < 1.29 is 31.9 Å². The average molecular weight is 626 g/mol. The van der Waals surface area contributed by atoms with E-state index in [1.165, 1.54) is 49.5 Å². The van der Waals surface area contributed by atoms with Gasteiger partial charge in [0.2, 0.25) is 11.8 Å². The van der Waals surface area contributed by atoms with Gasteiger partial charge < -0.3 is 19.7 Å². The first-order chi connectivity index (χ1) is 21.0. The predicted octanol–water partition coefficient (Wildman–Crippen LogP) is 5.21. The van der Waals surface area contributed by atoms with Crippen molar-refractivity contribution >= 4 is 27.5 Å². The minimum atomic E-state index is -4.38. The van der Waals surface area contributed by atoms with Crippen molar-refractivity contribution in [2.24, 2.45) is 0 Å². The van der Waals surface area contributed by atoms with E-state index in [2.05, 4.69) is 5.32 Å². The van der Waals surface area contributed by atoms with Crippen LogP contribution in [-0.2, 0) is 26.2 Å². The lowest BCUT2D eigenvalue weighted by Gasteiger charge is -2.33. The highest BCUT2D eigenvalue weighted by Crippen LogP contribution is 2.32. The summed E-state index contributed by atoms with van der Waals surface area (Å²) in [6.07, 6.45) is 4.96. The van der Waals surface area contributed by atoms with Gasteiger partial charge in [0.05, 0.1) is 24.8 Å². The number of methoxy groups -OCH3 is 2. The van der Waals surface area contributed by atoms with Crippen molar-refractivity contribution in [2.45, 2.75) is 69.5 Å². The summed E-state index contributed by atoms with van der Waals surface area (Å²) in [7, 11) is -1.55. The highest BCUT2D eigenvalue weighted by atomic mass is 32.2. The van der Waals surface area contributed by atoms with Crippen LogP contribution in [0.15, 0.2) is 71.6 Å². The van der Waals surface area contributed by atoms with E-state index < -0.39 is 34.3 Å². The lowest BCUT2D eigenvalue weighted by Crippen LogP contribution is -2.53. The van der Waals surface area contributed by atoms with E-state index in [0.29, 0.717) is 5.75 Å². The Morgan fingerprint density at radius 2 is 1.61 bits per heavy atom. The van der Waals surface area contributed by atoms with Crippen LogP contribution in [0.4, 0.5) is 10.1 Å². The van der Waals surface area contributed by atoms with Crippen molar-refractivity contribution in [3.63, 3.8) is 0 Å². The molecule has 44 heavy (non-hydrogen) atoms. The lowest BCUT2D eigenvalue weighted by molar-refractivity contribution is -0.139. The minimum absolute atomic E-state index is 0.0373. The molecule has 236 valence electrons. The zero-order valence-electron chi connectivity index (χ0n) is 25.6. The molecule has 1 N–H and O–H groups in total. The number of anilines is 1. The van der Waals surface area contributed by atoms with Gasteiger partial charge in [0.15, 0.2) is 11.5 Å². The predicted molar refractivity (Wildman–Crippen MR) is 167 cm³/mol. The van der Waals surface area contributed by atoms with Crippen LogP contribution in [0, 0.1) is 12.7 Å². The molecule has 1 aliphatic rings. The second kappa shape index (κ2) is 14.6. The summed E-state index contributed by atoms with van der Waals surface area (Å²) < 4.78 is 53.6. The quantitative estimate of drug-likeness (QED) is 0.296. The molecule has 1 atom stereocenters. The highest BCUT2D eigenvalue weighted by Gasteiger charge is 2.34. The summed E-state index contributed by atoms with van der Waals surface area (Å²) >= 11 is 0. The fraction of sp³-hybridized carbons (Fsp3) is 0.394. The number of amides is 2. The largest absolute Gasteiger partial charge is 0.493 e. The molecule has 1 saturated carbocycles. The van der Waals surface area contributed by atoms with Gasteiger partial charge in [0.25, 0.3) is 10.0 Å². The van der Waals surface area contributed by atoms with Gasteiger partial charge in [-0.2, -0.15) is 0 Å². The number of halogens is 1. The van der Waals surface area contributed by atoms with Gasteiger partial charge in [0, 0.05) is 18.7 Å². The number of carbonyl (C=O) groups is 2. The zero-order chi connectivity index (χ0) is 31.9. The molecule has 9 nitrogen and oxygen atoms in total. The molecule has 0 aliphatic heterocycles. The monoisotopic (exact) mass is 625 g/mol. The Balaban J connectivity index is 1.71. The molecule has 1 fully saturated rings. The van der Waals surface area contributed by atoms with E-state index >= 15 is 0 Å². The molecule has 0 radical (unpaired) electrons. The fourth-order valence-electron chi connectivity index (χ4n) is 5.36. The van der Waals surface area contributed by atoms with Crippen LogP contribution in [0.25, 0.3) is 0 Å². The zero-order valence-corrected chi connectivity index (χ0v) is 26.4. The van der Waals surface area contributed by atoms with E-state index in [9.17, 15) is 22.4 Å². The third-order valence-electron chi connectivity index (χ3n) is 8.06. The van der Waals surface area contributed by atoms with Crippen molar-refractivity contribution in [3.8, 4) is 11.5 Å². The molecule has 0 spiro atoms. The third kappa shape index (κ3) is 7.68. The van der Waals surface area contributed by atoms with Crippen LogP contribution in [0.5, 0.6) is 11.5 Å². The molecule has 11 heteroatoms. The van der Waals surface area contributed by atoms with Crippen LogP contribution in [0.1, 0.15) is 50.2 Å². The Kier molecular flexibility index (Phi) is 10.9. The van der Waals surface area contributed by atoms with Crippen LogP contribution in [0.2, 0.25) is 0 Å². The Hall–Kier alpha value is -4.12. The fourth-order valence-corrected chi connectivity index (χ4v) is 6.79. The molecule has 4 rings (SSSR count). The molecular weight excluding hydrogens is 585 g/mol. The normalized spacial score (nSPS) is 14.4. The summed E-state index contributed by atoms with van der Waals surface area (Å²) in [5.41, 5.74) is 1.84. The number of ether oxygens (including phenoxy) is 2. The van der Waals surface area contributed by atoms with Gasteiger partial charge in [-0.05, 0) is 74.2 Å². The maximum Gasteiger partial charge on any atom is 0.264 e. The van der Waals surface area contributed by atoms with Crippen LogP contribution >= 0.6 is 0 Å². The summed E-state index contributed by atoms with van der Waals surface area (Å²) in [4.78, 5) is 28.9. The summed E-state index contributed by atoms with van der Waals surface area (Å²) in [6, 6.07) is 15.6. The third-order valence-corrected chi connectivity index (χ3v) is 9.83. The van der Waals surface area contributed by atoms with Crippen LogP contribution < -0.4 is 19.1 Å². The SMILES string of the molecule is COc1ccc(S(=O)(=O)N(CC(=O)N(Cc2ccccc2C)C(C)C(=O)NC2CCCCC2)c2ccc(F)cc2)cc1OC. The second-order valence-corrected chi connectivity index (χ2v) is 12.8. The van der Waals surface area contributed by atoms with Gasteiger partial charge in [-0.1, -0.05) is 43.5 Å². The average Bonchev–Trinajstić information content (AvgIpc) is 3.03. The molecule has 1 unspecified atom stereocenters. The number of hydrogen-bond donors (Lipinski definition) is 1. The van der Waals surface area contributed by atoms with Crippen LogP contribution in [-0.4, -0.2) is 58.0 Å². The molecule has 2 amide bonds. The topological polar surface area (TPSA) is 105 Å². The number of sulfonamides is 1. The molecular formula is C33H40FN3O6S. The van der Waals surface area contributed by atoms with Gasteiger partial charge in [0.1, 0.15) is 18.4 Å². The molecule has 0 bridgehead atoms. The maximum absolute atomic E-state index is 14.2. The summed E-state index contributed by atoms with van der Waals surface area (Å²) in [5.74, 6) is -0.924. The van der Waals surface area contributed by atoms with E-state index in [4.69, 9.17) is 9.47 Å². The van der Waals surface area contributed by atoms with Crippen molar-refractivity contribution in [3.05, 3.63) is 83.7 Å². The maximum atomic E-state index is 14.2. The number of rotatable bonds is 12. The minimum Gasteiger partial charge on any atom is -0.493 e. The van der Waals surface area contributed by atoms with Gasteiger partial charge >= 0.3 is 0 Å². The second-order valence-electron chi connectivity index (χ2n) is 11.0. The molecule has 3 aromatic rings. The van der Waals surface area contributed by atoms with Gasteiger partial charge in [-0.15, -0.1) is 0 Å². The van der Waals surface area contributed by atoms with Gasteiger partial charge in [-0.25, -0.2) is 12.8 Å². The molecule has 0 saturated heterocycles. The number of carbonyl (C=O) groups excluding carboxylic acids is 2. The lowest BCUT2D eigenvalue weighted by atomic mass is 9.95. The first-order valence-corrected chi connectivity index (χ1v) is 16.1. The standard InChI is InChI=1S/C33H40FN3O6S/c1-23-10-8-9-11-25(23)21-36(24(2)33(39)35-27-12-6-5-7-13-27)32(38)22-37(28-16-14-26(34)15-17-28)44(40,41)29-18-19-30(42-3)31(20-29)43-4/h8-11,14-20,24,27H,5-7,12-13,21-22H2,1-4H3,(H,35,39). The number of nitrogens with zero attached hydrogens (tertiary/aromatic N) is 2. The number of benzene rings is 3. The van der Waals surface area contributed by atoms with E-state index in [1.807, 2.05) is 31.2 Å². The molecule has 0 heterocycles. The van der Waals surface area contributed by atoms with Crippen molar-refractivity contribution in [2.75, 3.05) is 25.1 Å². The Morgan fingerprint density at radius 1 is 0.955 bits per heavy atom. The van der Waals surface area contributed by atoms with E-state index in [1.54, 1.807) is 6.92 Å². The number of aryl methyl sites for hydroxylation is 1. The number of nitrogens with one attached hydrogen (secondary N) is 1. The van der Waals surface area contributed by atoms with Crippen molar-refractivity contribution in [1.29, 1.82) is 0 Å². The Morgan fingerprint density at radius 3 is 2.25 bits per heavy atom. The molecule has 0 aromatic heterocycles. The van der Waals surface area contributed by atoms with E-state index in [-0.39, 0.29) is 34.8 Å². The summed E-state index contributed by atoms with van der Waals surface area (Å²) in [5, 5.41) is 3.09. The molecule has 3 aromatic carbocycles. The smallest absolute Gasteiger partial charge is 0.264 e.